The van der Waals surface area contributed by atoms with Crippen molar-refractivity contribution in [2.45, 2.75) is 78.1 Å². The van der Waals surface area contributed by atoms with Gasteiger partial charge in [-0.3, -0.25) is 4.79 Å². The summed E-state index contributed by atoms with van der Waals surface area (Å²) in [5.74, 6) is -0.500. The van der Waals surface area contributed by atoms with E-state index in [2.05, 4.69) is 79.8 Å². The van der Waals surface area contributed by atoms with E-state index in [0.29, 0.717) is 29.9 Å². The molecule has 0 radical (unpaired) electrons. The monoisotopic (exact) mass is 614 g/mol. The molecule has 0 aliphatic rings. The summed E-state index contributed by atoms with van der Waals surface area (Å²) in [6, 6.07) is 29.3. The van der Waals surface area contributed by atoms with E-state index < -0.39 is 5.97 Å². The standard InChI is InChI=1S/C39H48N2O3.Na/c1-4-37-35(27-34(41(37)3)22-13-23-38(42)43)39(44)33-25-24-29(2)36(26-33)40-28-32(20-11-18-30-14-7-5-8-15-30)21-12-19-31-16-9-6-10-17-31;/h5-10,14-17,24-27,32,40H,4,11-13,18-23,28H2,1-3H3,(H,42,43);/q;+1/p-1. The second-order valence-electron chi connectivity index (χ2n) is 12.0. The first kappa shape index (κ1) is 36.3. The van der Waals surface area contributed by atoms with Crippen LogP contribution in [0.2, 0.25) is 0 Å². The molecule has 4 rings (SSSR count). The van der Waals surface area contributed by atoms with Gasteiger partial charge in [0.1, 0.15) is 0 Å². The summed E-state index contributed by atoms with van der Waals surface area (Å²) in [6.45, 7) is 5.01. The van der Waals surface area contributed by atoms with Gasteiger partial charge in [-0.2, -0.15) is 0 Å². The average Bonchev–Trinajstić information content (AvgIpc) is 3.35. The molecule has 4 aromatic rings. The van der Waals surface area contributed by atoms with Gasteiger partial charge < -0.3 is 19.8 Å². The van der Waals surface area contributed by atoms with Crippen molar-refractivity contribution in [2.75, 3.05) is 11.9 Å². The molecule has 0 fully saturated rings. The van der Waals surface area contributed by atoms with Crippen molar-refractivity contribution in [1.82, 2.24) is 4.57 Å². The number of carboxylic acids is 1. The Balaban J connectivity index is 0.00000552. The normalized spacial score (nSPS) is 10.9. The van der Waals surface area contributed by atoms with Crippen LogP contribution in [0.15, 0.2) is 84.9 Å². The molecule has 0 saturated heterocycles. The molecule has 0 saturated carbocycles. The summed E-state index contributed by atoms with van der Waals surface area (Å²) >= 11 is 0. The number of hydrogen-bond donors (Lipinski definition) is 1. The molecule has 1 aromatic heterocycles. The Bertz CT molecular complexity index is 1450. The largest absolute Gasteiger partial charge is 1.00 e. The van der Waals surface area contributed by atoms with Crippen LogP contribution in [0, 0.1) is 12.8 Å². The van der Waals surface area contributed by atoms with Crippen molar-refractivity contribution in [3.05, 3.63) is 124 Å². The molecular formula is C39H47N2NaO3. The van der Waals surface area contributed by atoms with E-state index in [1.54, 1.807) is 0 Å². The van der Waals surface area contributed by atoms with Crippen molar-refractivity contribution in [3.8, 4) is 0 Å². The number of carbonyl (C=O) groups excluding carboxylic acids is 2. The number of anilines is 1. The van der Waals surface area contributed by atoms with E-state index in [1.807, 2.05) is 35.9 Å². The average molecular weight is 615 g/mol. The molecule has 0 amide bonds. The number of aryl methyl sites for hydroxylation is 4. The topological polar surface area (TPSA) is 74.2 Å². The van der Waals surface area contributed by atoms with Gasteiger partial charge in [0.15, 0.2) is 5.78 Å². The SMILES string of the molecule is CCc1c(C(=O)c2ccc(C)c(NCC(CCCc3ccccc3)CCCc3ccccc3)c2)cc(CCCC(=O)[O-])n1C.[Na+]. The maximum absolute atomic E-state index is 13.8. The summed E-state index contributed by atoms with van der Waals surface area (Å²) in [5, 5.41) is 14.6. The van der Waals surface area contributed by atoms with Crippen LogP contribution in [-0.2, 0) is 37.5 Å². The predicted octanol–water partition coefficient (Wildman–Crippen LogP) is 4.28. The third-order valence-electron chi connectivity index (χ3n) is 8.77. The van der Waals surface area contributed by atoms with Crippen LogP contribution in [0.1, 0.15) is 89.4 Å². The van der Waals surface area contributed by atoms with Crippen LogP contribution in [0.3, 0.4) is 0 Å². The van der Waals surface area contributed by atoms with Gasteiger partial charge in [0.25, 0.3) is 0 Å². The molecule has 0 aliphatic heterocycles. The Morgan fingerprint density at radius 2 is 1.42 bits per heavy atom. The fourth-order valence-electron chi connectivity index (χ4n) is 6.17. The number of carboxylic acid groups (broad SMARTS) is 1. The van der Waals surface area contributed by atoms with E-state index in [9.17, 15) is 14.7 Å². The van der Waals surface area contributed by atoms with Crippen LogP contribution < -0.4 is 40.0 Å². The molecule has 0 spiro atoms. The number of ketones is 1. The molecule has 5 nitrogen and oxygen atoms in total. The smallest absolute Gasteiger partial charge is 0.550 e. The number of hydrogen-bond acceptors (Lipinski definition) is 4. The van der Waals surface area contributed by atoms with Gasteiger partial charge in [0, 0.05) is 47.8 Å². The van der Waals surface area contributed by atoms with Crippen LogP contribution in [0.4, 0.5) is 5.69 Å². The molecule has 0 atom stereocenters. The Morgan fingerprint density at radius 1 is 0.822 bits per heavy atom. The van der Waals surface area contributed by atoms with Crippen molar-refractivity contribution in [1.29, 1.82) is 0 Å². The summed E-state index contributed by atoms with van der Waals surface area (Å²) in [5.41, 5.74) is 8.24. The van der Waals surface area contributed by atoms with Gasteiger partial charge in [0.05, 0.1) is 0 Å². The number of nitrogens with zero attached hydrogens (tertiary/aromatic N) is 1. The molecule has 0 aliphatic carbocycles. The van der Waals surface area contributed by atoms with Crippen LogP contribution >= 0.6 is 0 Å². The molecule has 45 heavy (non-hydrogen) atoms. The summed E-state index contributed by atoms with van der Waals surface area (Å²) < 4.78 is 2.05. The third-order valence-corrected chi connectivity index (χ3v) is 8.77. The molecule has 1 heterocycles. The van der Waals surface area contributed by atoms with Crippen molar-refractivity contribution in [3.63, 3.8) is 0 Å². The first-order valence-electron chi connectivity index (χ1n) is 16.2. The fraction of sp³-hybridized carbons (Fsp3) is 0.385. The van der Waals surface area contributed by atoms with Gasteiger partial charge in [0.2, 0.25) is 0 Å². The van der Waals surface area contributed by atoms with Crippen LogP contribution in [0.5, 0.6) is 0 Å². The van der Waals surface area contributed by atoms with Crippen molar-refractivity contribution >= 4 is 17.4 Å². The molecule has 6 heteroatoms. The van der Waals surface area contributed by atoms with Crippen molar-refractivity contribution in [2.24, 2.45) is 13.0 Å². The van der Waals surface area contributed by atoms with Gasteiger partial charge in [-0.05, 0) is 106 Å². The zero-order chi connectivity index (χ0) is 31.3. The predicted molar refractivity (Wildman–Crippen MR) is 178 cm³/mol. The molecule has 3 aromatic carbocycles. The first-order chi connectivity index (χ1) is 21.4. The van der Waals surface area contributed by atoms with Crippen molar-refractivity contribution < 1.29 is 44.3 Å². The quantitative estimate of drug-likeness (QED) is 0.134. The summed E-state index contributed by atoms with van der Waals surface area (Å²) in [6.07, 6.45) is 8.62. The third kappa shape index (κ3) is 11.0. The zero-order valence-corrected chi connectivity index (χ0v) is 29.6. The zero-order valence-electron chi connectivity index (χ0n) is 27.6. The maximum atomic E-state index is 13.8. The van der Waals surface area contributed by atoms with E-state index in [4.69, 9.17) is 0 Å². The Morgan fingerprint density at radius 3 is 1.98 bits per heavy atom. The van der Waals surface area contributed by atoms with Crippen LogP contribution in [0.25, 0.3) is 0 Å². The number of rotatable bonds is 18. The first-order valence-corrected chi connectivity index (χ1v) is 16.2. The number of aliphatic carboxylic acids is 1. The Kier molecular flexibility index (Phi) is 15.1. The Hall–Kier alpha value is -3.12. The molecule has 0 bridgehead atoms. The summed E-state index contributed by atoms with van der Waals surface area (Å²) in [7, 11) is 1.96. The number of benzene rings is 3. The van der Waals surface area contributed by atoms with Gasteiger partial charge in [-0.1, -0.05) is 79.7 Å². The van der Waals surface area contributed by atoms with Crippen LogP contribution in [-0.4, -0.2) is 22.9 Å². The minimum Gasteiger partial charge on any atom is -0.550 e. The minimum atomic E-state index is -1.04. The molecular weight excluding hydrogens is 567 g/mol. The van der Waals surface area contributed by atoms with E-state index >= 15 is 0 Å². The number of carbonyl (C=O) groups is 2. The second-order valence-corrected chi connectivity index (χ2v) is 12.0. The number of nitrogens with one attached hydrogen (secondary N) is 1. The van der Waals surface area contributed by atoms with E-state index in [0.717, 1.165) is 74.1 Å². The van der Waals surface area contributed by atoms with Gasteiger partial charge in [-0.15, -0.1) is 0 Å². The van der Waals surface area contributed by atoms with Gasteiger partial charge in [-0.25, -0.2) is 0 Å². The van der Waals surface area contributed by atoms with Gasteiger partial charge >= 0.3 is 29.6 Å². The molecule has 1 N–H and O–H groups in total. The Labute approximate surface area is 291 Å². The molecule has 232 valence electrons. The maximum Gasteiger partial charge on any atom is 1.00 e. The second kappa shape index (κ2) is 18.8. The summed E-state index contributed by atoms with van der Waals surface area (Å²) in [4.78, 5) is 24.7. The van der Waals surface area contributed by atoms with E-state index in [-0.39, 0.29) is 41.8 Å². The fourth-order valence-corrected chi connectivity index (χ4v) is 6.17. The number of aromatic nitrogens is 1. The van der Waals surface area contributed by atoms with E-state index in [1.165, 1.54) is 11.1 Å². The minimum absolute atomic E-state index is 0. The molecule has 0 unspecified atom stereocenters.